The van der Waals surface area contributed by atoms with Gasteiger partial charge in [0.25, 0.3) is 5.91 Å². The van der Waals surface area contributed by atoms with Crippen molar-refractivity contribution in [1.82, 2.24) is 9.80 Å². The third-order valence-electron chi connectivity index (χ3n) is 5.54. The number of benzene rings is 1. The van der Waals surface area contributed by atoms with Crippen LogP contribution in [-0.2, 0) is 9.53 Å². The van der Waals surface area contributed by atoms with Crippen LogP contribution in [0.1, 0.15) is 49.4 Å². The van der Waals surface area contributed by atoms with Gasteiger partial charge in [-0.3, -0.25) is 9.59 Å². The molecule has 2 amide bonds. The Morgan fingerprint density at radius 3 is 2.63 bits per heavy atom. The number of methoxy groups -OCH3 is 1. The molecule has 1 aromatic rings. The van der Waals surface area contributed by atoms with E-state index in [0.717, 1.165) is 38.6 Å². The molecule has 2 aliphatic rings. The summed E-state index contributed by atoms with van der Waals surface area (Å²) in [5.41, 5.74) is 0.536. The number of hydrogen-bond acceptors (Lipinski definition) is 4. The van der Waals surface area contributed by atoms with E-state index in [-0.39, 0.29) is 24.0 Å². The summed E-state index contributed by atoms with van der Waals surface area (Å²) in [6, 6.07) is 6.91. The molecule has 0 saturated carbocycles. The van der Waals surface area contributed by atoms with Gasteiger partial charge in [0, 0.05) is 26.7 Å². The van der Waals surface area contributed by atoms with Crippen molar-refractivity contribution < 1.29 is 19.1 Å². The summed E-state index contributed by atoms with van der Waals surface area (Å²) in [5.74, 6) is 0.548. The van der Waals surface area contributed by atoms with E-state index in [1.54, 1.807) is 18.1 Å². The number of carbonyl (C=O) groups excluding carboxylic acids is 2. The van der Waals surface area contributed by atoms with E-state index in [1.807, 2.05) is 30.0 Å². The fourth-order valence-electron chi connectivity index (χ4n) is 4.08. The van der Waals surface area contributed by atoms with Gasteiger partial charge < -0.3 is 19.3 Å². The van der Waals surface area contributed by atoms with Crippen LogP contribution in [0.2, 0.25) is 0 Å². The molecule has 2 fully saturated rings. The third-order valence-corrected chi connectivity index (χ3v) is 5.54. The third kappa shape index (κ3) is 4.43. The Hall–Kier alpha value is -2.08. The summed E-state index contributed by atoms with van der Waals surface area (Å²) in [4.78, 5) is 30.0. The number of rotatable bonds is 5. The molecular weight excluding hydrogens is 344 g/mol. The lowest BCUT2D eigenvalue weighted by molar-refractivity contribution is -0.135. The summed E-state index contributed by atoms with van der Waals surface area (Å²) in [7, 11) is 1.73. The minimum atomic E-state index is -0.369. The van der Waals surface area contributed by atoms with Gasteiger partial charge in [0.1, 0.15) is 11.8 Å². The summed E-state index contributed by atoms with van der Waals surface area (Å²) in [6.07, 6.45) is 4.59. The Kier molecular flexibility index (Phi) is 6.72. The van der Waals surface area contributed by atoms with Crippen molar-refractivity contribution >= 4 is 11.8 Å². The molecule has 0 spiro atoms. The first-order chi connectivity index (χ1) is 13.2. The monoisotopic (exact) mass is 374 g/mol. The van der Waals surface area contributed by atoms with Gasteiger partial charge >= 0.3 is 0 Å². The Morgan fingerprint density at radius 1 is 1.07 bits per heavy atom. The van der Waals surface area contributed by atoms with Crippen LogP contribution in [0, 0.1) is 0 Å². The number of amides is 2. The van der Waals surface area contributed by atoms with E-state index in [4.69, 9.17) is 9.47 Å². The van der Waals surface area contributed by atoms with Gasteiger partial charge in [-0.05, 0) is 51.2 Å². The zero-order valence-electron chi connectivity index (χ0n) is 16.4. The van der Waals surface area contributed by atoms with Crippen LogP contribution in [0.3, 0.4) is 0 Å². The lowest BCUT2D eigenvalue weighted by Crippen LogP contribution is -2.48. The lowest BCUT2D eigenvalue weighted by atomic mass is 10.1. The average Bonchev–Trinajstić information content (AvgIpc) is 3.05. The molecule has 27 heavy (non-hydrogen) atoms. The highest BCUT2D eigenvalue weighted by atomic mass is 16.5. The highest BCUT2D eigenvalue weighted by Gasteiger charge is 2.38. The molecule has 2 atom stereocenters. The van der Waals surface area contributed by atoms with Crippen LogP contribution in [0.15, 0.2) is 24.3 Å². The lowest BCUT2D eigenvalue weighted by Gasteiger charge is -2.30. The van der Waals surface area contributed by atoms with Gasteiger partial charge in [0.2, 0.25) is 5.91 Å². The van der Waals surface area contributed by atoms with Crippen molar-refractivity contribution in [3.8, 4) is 5.75 Å². The molecule has 0 aliphatic carbocycles. The average molecular weight is 374 g/mol. The van der Waals surface area contributed by atoms with Crippen LogP contribution < -0.4 is 4.74 Å². The minimum absolute atomic E-state index is 0.0755. The highest BCUT2D eigenvalue weighted by molar-refractivity contribution is 6.00. The van der Waals surface area contributed by atoms with Crippen LogP contribution in [0.5, 0.6) is 5.75 Å². The second-order valence-corrected chi connectivity index (χ2v) is 7.20. The molecule has 6 nitrogen and oxygen atoms in total. The maximum absolute atomic E-state index is 13.2. The minimum Gasteiger partial charge on any atom is -0.493 e. The fourth-order valence-corrected chi connectivity index (χ4v) is 4.08. The number of para-hydroxylation sites is 1. The van der Waals surface area contributed by atoms with Crippen molar-refractivity contribution in [3.05, 3.63) is 29.8 Å². The first-order valence-corrected chi connectivity index (χ1v) is 10.00. The van der Waals surface area contributed by atoms with Crippen molar-refractivity contribution in [2.45, 2.75) is 51.2 Å². The van der Waals surface area contributed by atoms with Gasteiger partial charge in [-0.2, -0.15) is 0 Å². The first-order valence-electron chi connectivity index (χ1n) is 10.00. The van der Waals surface area contributed by atoms with Gasteiger partial charge in [0.05, 0.1) is 18.3 Å². The molecular formula is C21H30N2O4. The Balaban J connectivity index is 1.73. The number of hydrogen-bond donors (Lipinski definition) is 0. The predicted molar refractivity (Wildman–Crippen MR) is 103 cm³/mol. The topological polar surface area (TPSA) is 59.1 Å². The maximum atomic E-state index is 13.2. The van der Waals surface area contributed by atoms with Crippen molar-refractivity contribution in [2.24, 2.45) is 0 Å². The Morgan fingerprint density at radius 2 is 1.85 bits per heavy atom. The molecule has 6 heteroatoms. The van der Waals surface area contributed by atoms with E-state index in [9.17, 15) is 9.59 Å². The van der Waals surface area contributed by atoms with Crippen LogP contribution in [-0.4, -0.2) is 67.1 Å². The molecule has 3 rings (SSSR count). The maximum Gasteiger partial charge on any atom is 0.258 e. The van der Waals surface area contributed by atoms with Gasteiger partial charge in [-0.1, -0.05) is 12.1 Å². The van der Waals surface area contributed by atoms with Crippen molar-refractivity contribution in [2.75, 3.05) is 33.4 Å². The zero-order valence-corrected chi connectivity index (χ0v) is 16.4. The molecule has 0 bridgehead atoms. The molecule has 2 aliphatic heterocycles. The van der Waals surface area contributed by atoms with E-state index < -0.39 is 0 Å². The molecule has 0 N–H and O–H groups in total. The van der Waals surface area contributed by atoms with Gasteiger partial charge in [-0.15, -0.1) is 0 Å². The molecule has 2 saturated heterocycles. The Bertz CT molecular complexity index is 663. The SMILES string of the molecule is CCOc1ccccc1C(=O)N1CCCC1C(=O)N1CCCC(OC)CC1. The van der Waals surface area contributed by atoms with Crippen molar-refractivity contribution in [3.63, 3.8) is 0 Å². The number of carbonyl (C=O) groups is 2. The Labute approximate surface area is 161 Å². The summed E-state index contributed by atoms with van der Waals surface area (Å²) >= 11 is 0. The smallest absolute Gasteiger partial charge is 0.258 e. The second kappa shape index (κ2) is 9.22. The molecule has 0 radical (unpaired) electrons. The molecule has 1 aromatic carbocycles. The zero-order chi connectivity index (χ0) is 19.2. The molecule has 0 aromatic heterocycles. The molecule has 2 unspecified atom stereocenters. The summed E-state index contributed by atoms with van der Waals surface area (Å²) < 4.78 is 11.1. The molecule has 148 valence electrons. The standard InChI is InChI=1S/C21H30N2O4/c1-3-27-19-11-5-4-9-17(19)20(24)23-14-7-10-18(23)21(25)22-13-6-8-16(26-2)12-15-22/h4-5,9,11,16,18H,3,6-8,10,12-15H2,1-2H3. The van der Waals surface area contributed by atoms with E-state index in [1.165, 1.54) is 0 Å². The van der Waals surface area contributed by atoms with Gasteiger partial charge in [0.15, 0.2) is 0 Å². The highest BCUT2D eigenvalue weighted by Crippen LogP contribution is 2.27. The number of likely N-dealkylation sites (tertiary alicyclic amines) is 2. The predicted octanol–water partition coefficient (Wildman–Crippen LogP) is 2.72. The van der Waals surface area contributed by atoms with Crippen LogP contribution in [0.4, 0.5) is 0 Å². The molecule has 2 heterocycles. The largest absolute Gasteiger partial charge is 0.493 e. The quantitative estimate of drug-likeness (QED) is 0.795. The van der Waals surface area contributed by atoms with Crippen molar-refractivity contribution in [1.29, 1.82) is 0 Å². The first kappa shape index (κ1) is 19.7. The number of ether oxygens (including phenoxy) is 2. The fraction of sp³-hybridized carbons (Fsp3) is 0.619. The number of nitrogens with zero attached hydrogens (tertiary/aromatic N) is 2. The summed E-state index contributed by atoms with van der Waals surface area (Å²) in [6.45, 7) is 4.46. The second-order valence-electron chi connectivity index (χ2n) is 7.20. The van der Waals surface area contributed by atoms with E-state index >= 15 is 0 Å². The summed E-state index contributed by atoms with van der Waals surface area (Å²) in [5, 5.41) is 0. The van der Waals surface area contributed by atoms with Gasteiger partial charge in [-0.25, -0.2) is 0 Å². The normalized spacial score (nSPS) is 23.2. The van der Waals surface area contributed by atoms with E-state index in [0.29, 0.717) is 31.0 Å². The van der Waals surface area contributed by atoms with Crippen LogP contribution in [0.25, 0.3) is 0 Å². The van der Waals surface area contributed by atoms with E-state index in [2.05, 4.69) is 0 Å². The van der Waals surface area contributed by atoms with Crippen LogP contribution >= 0.6 is 0 Å².